The summed E-state index contributed by atoms with van der Waals surface area (Å²) in [5.74, 6) is -0.0577. The van der Waals surface area contributed by atoms with E-state index in [1.54, 1.807) is 18.2 Å². The maximum Gasteiger partial charge on any atom is 0.362 e. The number of nitrogens with zero attached hydrogens (tertiary/aromatic N) is 2. The van der Waals surface area contributed by atoms with Crippen molar-refractivity contribution in [3.63, 3.8) is 0 Å². The van der Waals surface area contributed by atoms with Crippen molar-refractivity contribution in [1.29, 1.82) is 0 Å². The summed E-state index contributed by atoms with van der Waals surface area (Å²) in [6.45, 7) is 4.17. The summed E-state index contributed by atoms with van der Waals surface area (Å²) < 4.78 is 33.3. The molecule has 0 heterocycles. The number of aliphatic hydroxyl groups is 1. The highest BCUT2D eigenvalue weighted by atomic mass is 32.2. The third-order valence-electron chi connectivity index (χ3n) is 8.40. The molecule has 1 aromatic carbocycles. The molecular weight excluding hydrogens is 464 g/mol. The highest BCUT2D eigenvalue weighted by molar-refractivity contribution is 7.86. The summed E-state index contributed by atoms with van der Waals surface area (Å²) in [4.78, 5) is 15.7. The first-order valence-corrected chi connectivity index (χ1v) is 14.4. The molecule has 2 saturated carbocycles. The molecule has 190 valence electrons. The lowest BCUT2D eigenvalue weighted by Crippen LogP contribution is -2.41. The van der Waals surface area contributed by atoms with Crippen molar-refractivity contribution >= 4 is 27.7 Å². The van der Waals surface area contributed by atoms with Gasteiger partial charge in [0.15, 0.2) is 0 Å². The van der Waals surface area contributed by atoms with Gasteiger partial charge in [-0.2, -0.15) is 13.2 Å². The minimum Gasteiger partial charge on any atom is -0.393 e. The molecule has 4 rings (SSSR count). The molecule has 0 bridgehead atoms. The largest absolute Gasteiger partial charge is 0.393 e. The van der Waals surface area contributed by atoms with Gasteiger partial charge in [0.05, 0.1) is 17.8 Å². The molecule has 3 aliphatic rings. The van der Waals surface area contributed by atoms with Crippen molar-refractivity contribution in [1.82, 2.24) is 0 Å². The van der Waals surface area contributed by atoms with Crippen LogP contribution < -0.4 is 0 Å². The molecular formula is C27H36N2O5S. The first-order valence-electron chi connectivity index (χ1n) is 13.0. The summed E-state index contributed by atoms with van der Waals surface area (Å²) in [6, 6.07) is 4.63. The van der Waals surface area contributed by atoms with Crippen LogP contribution in [0.4, 0.5) is 0 Å². The van der Waals surface area contributed by atoms with Gasteiger partial charge in [0, 0.05) is 6.08 Å². The van der Waals surface area contributed by atoms with E-state index in [1.165, 1.54) is 12.1 Å². The SMILES string of the molecule is CCC1CCCC(CC2CCCC(CC)C2OS(=O)(=O)c2cccc3c2C(=O)C(=[N+]=[N-])C=C3)C1O. The number of hydrogen-bond acceptors (Lipinski definition) is 5. The molecule has 0 aliphatic heterocycles. The van der Waals surface area contributed by atoms with Crippen LogP contribution in [-0.4, -0.2) is 42.0 Å². The summed E-state index contributed by atoms with van der Waals surface area (Å²) in [6.07, 6.45) is 10.5. The van der Waals surface area contributed by atoms with E-state index in [0.29, 0.717) is 11.5 Å². The second-order valence-electron chi connectivity index (χ2n) is 10.3. The molecule has 0 saturated heterocycles. The Morgan fingerprint density at radius 2 is 1.66 bits per heavy atom. The van der Waals surface area contributed by atoms with Crippen molar-refractivity contribution in [2.24, 2.45) is 23.7 Å². The van der Waals surface area contributed by atoms with Gasteiger partial charge in [-0.05, 0) is 73.5 Å². The minimum absolute atomic E-state index is 0.0169. The minimum atomic E-state index is -4.27. The standard InChI is InChI=1S/C27H36N2O5S/c1-3-17-8-5-11-20(25(17)30)16-21-12-6-9-18(4-2)27(21)34-35(32,33)23-13-7-10-19-14-15-22(29-28)26(31)24(19)23/h7,10,13-15,17-18,20-21,25,27,30H,3-6,8-9,11-12,16H2,1-2H3. The van der Waals surface area contributed by atoms with E-state index in [0.717, 1.165) is 57.8 Å². The number of carbonyl (C=O) groups excluding carboxylic acids is 1. The van der Waals surface area contributed by atoms with E-state index in [1.807, 2.05) is 0 Å². The molecule has 7 nitrogen and oxygen atoms in total. The number of carbonyl (C=O) groups is 1. The Kier molecular flexibility index (Phi) is 8.06. The molecule has 0 aromatic heterocycles. The summed E-state index contributed by atoms with van der Waals surface area (Å²) in [7, 11) is -4.27. The summed E-state index contributed by atoms with van der Waals surface area (Å²) in [5.41, 5.74) is 9.40. The molecule has 0 radical (unpaired) electrons. The van der Waals surface area contributed by atoms with Crippen LogP contribution in [0.2, 0.25) is 0 Å². The van der Waals surface area contributed by atoms with Crippen LogP contribution in [0.3, 0.4) is 0 Å². The molecule has 6 atom stereocenters. The number of benzene rings is 1. The van der Waals surface area contributed by atoms with Crippen molar-refractivity contribution in [2.75, 3.05) is 0 Å². The van der Waals surface area contributed by atoms with Gasteiger partial charge in [0.1, 0.15) is 4.90 Å². The highest BCUT2D eigenvalue weighted by Gasteiger charge is 2.42. The van der Waals surface area contributed by atoms with Crippen LogP contribution in [0.5, 0.6) is 0 Å². The number of ketones is 1. The van der Waals surface area contributed by atoms with Crippen molar-refractivity contribution in [2.45, 2.75) is 88.7 Å². The van der Waals surface area contributed by atoms with Gasteiger partial charge in [-0.25, -0.2) is 0 Å². The fourth-order valence-electron chi connectivity index (χ4n) is 6.45. The Morgan fingerprint density at radius 3 is 2.34 bits per heavy atom. The average molecular weight is 501 g/mol. The Bertz CT molecular complexity index is 1140. The van der Waals surface area contributed by atoms with E-state index in [-0.39, 0.29) is 40.0 Å². The lowest BCUT2D eigenvalue weighted by molar-refractivity contribution is -0.0228. The zero-order valence-electron chi connectivity index (χ0n) is 20.6. The van der Waals surface area contributed by atoms with Crippen LogP contribution in [0.15, 0.2) is 29.2 Å². The Hall–Kier alpha value is -2.12. The molecule has 8 heteroatoms. The van der Waals surface area contributed by atoms with Crippen molar-refractivity contribution in [3.05, 3.63) is 40.9 Å². The Labute approximate surface area is 208 Å². The molecule has 6 unspecified atom stereocenters. The van der Waals surface area contributed by atoms with E-state index >= 15 is 0 Å². The van der Waals surface area contributed by atoms with Gasteiger partial charge < -0.3 is 10.6 Å². The number of Topliss-reactive ketones (excluding diaryl/α,β-unsaturated/α-hetero) is 1. The van der Waals surface area contributed by atoms with Gasteiger partial charge in [-0.3, -0.25) is 8.98 Å². The number of rotatable bonds is 7. The fourth-order valence-corrected chi connectivity index (χ4v) is 7.87. The number of fused-ring (bicyclic) bond motifs is 1. The lowest BCUT2D eigenvalue weighted by atomic mass is 9.69. The molecule has 35 heavy (non-hydrogen) atoms. The zero-order chi connectivity index (χ0) is 25.2. The first-order chi connectivity index (χ1) is 16.8. The van der Waals surface area contributed by atoms with Crippen LogP contribution in [0.25, 0.3) is 11.6 Å². The fraction of sp³-hybridized carbons (Fsp3) is 0.630. The molecule has 2 fully saturated rings. The van der Waals surface area contributed by atoms with Gasteiger partial charge in [-0.1, -0.05) is 51.7 Å². The smallest absolute Gasteiger partial charge is 0.362 e. The monoisotopic (exact) mass is 500 g/mol. The normalized spacial score (nSPS) is 31.2. The summed E-state index contributed by atoms with van der Waals surface area (Å²) >= 11 is 0. The molecule has 3 aliphatic carbocycles. The third kappa shape index (κ3) is 5.21. The van der Waals surface area contributed by atoms with Gasteiger partial charge in [-0.15, -0.1) is 0 Å². The quantitative estimate of drug-likeness (QED) is 0.320. The lowest BCUT2D eigenvalue weighted by Gasteiger charge is -2.41. The first kappa shape index (κ1) is 26.0. The zero-order valence-corrected chi connectivity index (χ0v) is 21.4. The number of allylic oxidation sites excluding steroid dienone is 1. The second kappa shape index (κ2) is 10.9. The van der Waals surface area contributed by atoms with Crippen molar-refractivity contribution < 1.29 is 27.3 Å². The number of aliphatic hydroxyl groups excluding tert-OH is 1. The molecule has 0 spiro atoms. The third-order valence-corrected chi connectivity index (χ3v) is 9.76. The van der Waals surface area contributed by atoms with E-state index in [4.69, 9.17) is 4.18 Å². The molecule has 1 N–H and O–H groups in total. The topological polar surface area (TPSA) is 117 Å². The predicted octanol–water partition coefficient (Wildman–Crippen LogP) is 5.04. The van der Waals surface area contributed by atoms with Crippen LogP contribution in [-0.2, 0) is 14.3 Å². The Balaban J connectivity index is 1.63. The van der Waals surface area contributed by atoms with Crippen LogP contribution >= 0.6 is 0 Å². The van der Waals surface area contributed by atoms with E-state index in [9.17, 15) is 23.8 Å². The average Bonchev–Trinajstić information content (AvgIpc) is 2.86. The Morgan fingerprint density at radius 1 is 1.00 bits per heavy atom. The van der Waals surface area contributed by atoms with Crippen LogP contribution in [0.1, 0.15) is 87.6 Å². The van der Waals surface area contributed by atoms with E-state index in [2.05, 4.69) is 18.6 Å². The van der Waals surface area contributed by atoms with Gasteiger partial charge in [0.25, 0.3) is 15.9 Å². The number of hydrogen-bond donors (Lipinski definition) is 1. The summed E-state index contributed by atoms with van der Waals surface area (Å²) in [5, 5.41) is 11.0. The van der Waals surface area contributed by atoms with Crippen molar-refractivity contribution in [3.8, 4) is 0 Å². The molecule has 0 amide bonds. The van der Waals surface area contributed by atoms with E-state index < -0.39 is 22.0 Å². The highest BCUT2D eigenvalue weighted by Crippen LogP contribution is 2.43. The van der Waals surface area contributed by atoms with Gasteiger partial charge in [0.2, 0.25) is 0 Å². The maximum absolute atomic E-state index is 13.6. The van der Waals surface area contributed by atoms with Gasteiger partial charge >= 0.3 is 5.71 Å². The predicted molar refractivity (Wildman–Crippen MR) is 133 cm³/mol. The second-order valence-corrected chi connectivity index (χ2v) is 11.9. The maximum atomic E-state index is 13.6. The molecule has 1 aromatic rings. The van der Waals surface area contributed by atoms with Crippen LogP contribution in [0, 0.1) is 23.7 Å².